The third kappa shape index (κ3) is 4.09. The number of hydrogen-bond donors (Lipinski definition) is 1. The van der Waals surface area contributed by atoms with Gasteiger partial charge < -0.3 is 5.73 Å². The van der Waals surface area contributed by atoms with Crippen LogP contribution in [0.2, 0.25) is 0 Å². The number of nitrogens with two attached hydrogens (primary N) is 1. The Morgan fingerprint density at radius 2 is 1.81 bits per heavy atom. The first-order valence-electron chi connectivity index (χ1n) is 7.47. The molecule has 0 spiro atoms. The molecule has 0 heterocycles. The largest absolute Gasteiger partial charge is 0.405 e. The lowest BCUT2D eigenvalue weighted by atomic mass is 9.96. The van der Waals surface area contributed by atoms with E-state index in [1.807, 2.05) is 12.1 Å². The number of hydrogen-bond acceptors (Lipinski definition) is 1. The topological polar surface area (TPSA) is 26.0 Å². The lowest BCUT2D eigenvalue weighted by Gasteiger charge is -2.09. The zero-order valence-corrected chi connectivity index (χ0v) is 12.8. The van der Waals surface area contributed by atoms with Crippen molar-refractivity contribution in [2.75, 3.05) is 0 Å². The molecule has 108 valence electrons. The summed E-state index contributed by atoms with van der Waals surface area (Å²) in [4.78, 5) is 0. The summed E-state index contributed by atoms with van der Waals surface area (Å²) in [6.07, 6.45) is 7.82. The van der Waals surface area contributed by atoms with E-state index in [-0.39, 0.29) is 0 Å². The average Bonchev–Trinajstić information content (AvgIpc) is 2.52. The summed E-state index contributed by atoms with van der Waals surface area (Å²) in [6.45, 7) is 4.34. The molecule has 0 amide bonds. The Labute approximate surface area is 127 Å². The summed E-state index contributed by atoms with van der Waals surface area (Å²) in [7, 11) is 0. The highest BCUT2D eigenvalue weighted by Crippen LogP contribution is 2.22. The summed E-state index contributed by atoms with van der Waals surface area (Å²) < 4.78 is 0. The van der Waals surface area contributed by atoms with Crippen molar-refractivity contribution in [1.82, 2.24) is 0 Å². The van der Waals surface area contributed by atoms with E-state index >= 15 is 0 Å². The Morgan fingerprint density at radius 3 is 2.43 bits per heavy atom. The van der Waals surface area contributed by atoms with Crippen LogP contribution in [0, 0.1) is 6.92 Å². The maximum Gasteiger partial charge on any atom is -0.00563 e. The molecule has 2 rings (SSSR count). The number of aryl methyl sites for hydroxylation is 2. The standard InChI is InChI=1S/C20H23N/c1-3-17-10-12-20(16(2)15-17)19(13-14-21)11-9-18-7-5-4-6-8-18/h4-8,10-15H,3,9,21H2,1-2H3/b14-13-,19-11+. The summed E-state index contributed by atoms with van der Waals surface area (Å²) in [5, 5.41) is 0. The first-order chi connectivity index (χ1) is 10.2. The molecule has 2 aromatic rings. The smallest absolute Gasteiger partial charge is 0.00563 e. The van der Waals surface area contributed by atoms with Gasteiger partial charge in [0.25, 0.3) is 0 Å². The van der Waals surface area contributed by atoms with Gasteiger partial charge in [0, 0.05) is 0 Å². The van der Waals surface area contributed by atoms with E-state index in [0.29, 0.717) is 0 Å². The van der Waals surface area contributed by atoms with E-state index in [0.717, 1.165) is 12.8 Å². The van der Waals surface area contributed by atoms with Crippen LogP contribution in [-0.2, 0) is 12.8 Å². The molecule has 1 nitrogen and oxygen atoms in total. The van der Waals surface area contributed by atoms with Crippen molar-refractivity contribution in [3.63, 3.8) is 0 Å². The molecule has 0 bridgehead atoms. The Balaban J connectivity index is 2.30. The predicted octanol–water partition coefficient (Wildman–Crippen LogP) is 4.66. The fourth-order valence-electron chi connectivity index (χ4n) is 2.48. The Hall–Kier alpha value is -2.28. The Bertz CT molecular complexity index is 636. The summed E-state index contributed by atoms with van der Waals surface area (Å²) >= 11 is 0. The minimum absolute atomic E-state index is 0.912. The summed E-state index contributed by atoms with van der Waals surface area (Å²) in [5.74, 6) is 0. The fraction of sp³-hybridized carbons (Fsp3) is 0.200. The molecular formula is C20H23N. The molecule has 0 unspecified atom stereocenters. The van der Waals surface area contributed by atoms with Gasteiger partial charge in [0.1, 0.15) is 0 Å². The minimum Gasteiger partial charge on any atom is -0.405 e. The van der Waals surface area contributed by atoms with Crippen LogP contribution in [0.3, 0.4) is 0 Å². The van der Waals surface area contributed by atoms with Gasteiger partial charge in [-0.15, -0.1) is 0 Å². The predicted molar refractivity (Wildman–Crippen MR) is 92.0 cm³/mol. The Kier molecular flexibility index (Phi) is 5.39. The fourth-order valence-corrected chi connectivity index (χ4v) is 2.48. The van der Waals surface area contributed by atoms with E-state index in [9.17, 15) is 0 Å². The first-order valence-corrected chi connectivity index (χ1v) is 7.47. The van der Waals surface area contributed by atoms with Crippen LogP contribution < -0.4 is 5.73 Å². The van der Waals surface area contributed by atoms with Crippen molar-refractivity contribution in [2.24, 2.45) is 5.73 Å². The van der Waals surface area contributed by atoms with Crippen LogP contribution >= 0.6 is 0 Å². The molecule has 2 N–H and O–H groups in total. The van der Waals surface area contributed by atoms with Gasteiger partial charge in [-0.25, -0.2) is 0 Å². The van der Waals surface area contributed by atoms with E-state index in [4.69, 9.17) is 5.73 Å². The SMILES string of the molecule is CCc1ccc(C(/C=C\N)=C/Cc2ccccc2)c(C)c1. The van der Waals surface area contributed by atoms with E-state index in [1.165, 1.54) is 27.8 Å². The van der Waals surface area contributed by atoms with Crippen LogP contribution in [0.1, 0.15) is 29.2 Å². The molecule has 0 saturated carbocycles. The average molecular weight is 277 g/mol. The highest BCUT2D eigenvalue weighted by atomic mass is 14.5. The number of allylic oxidation sites excluding steroid dienone is 3. The molecule has 0 aliphatic heterocycles. The van der Waals surface area contributed by atoms with Gasteiger partial charge in [0.2, 0.25) is 0 Å². The second kappa shape index (κ2) is 7.49. The highest BCUT2D eigenvalue weighted by molar-refractivity contribution is 5.76. The number of benzene rings is 2. The van der Waals surface area contributed by atoms with Crippen molar-refractivity contribution >= 4 is 5.57 Å². The number of rotatable bonds is 5. The molecule has 0 aliphatic carbocycles. The maximum absolute atomic E-state index is 5.62. The van der Waals surface area contributed by atoms with Crippen LogP contribution in [0.4, 0.5) is 0 Å². The molecular weight excluding hydrogens is 254 g/mol. The first kappa shape index (κ1) is 15.1. The van der Waals surface area contributed by atoms with Crippen LogP contribution in [0.5, 0.6) is 0 Å². The van der Waals surface area contributed by atoms with Crippen molar-refractivity contribution < 1.29 is 0 Å². The highest BCUT2D eigenvalue weighted by Gasteiger charge is 2.03. The monoisotopic (exact) mass is 277 g/mol. The van der Waals surface area contributed by atoms with Gasteiger partial charge >= 0.3 is 0 Å². The lowest BCUT2D eigenvalue weighted by Crippen LogP contribution is -1.92. The normalized spacial score (nSPS) is 12.0. The molecule has 21 heavy (non-hydrogen) atoms. The second-order valence-electron chi connectivity index (χ2n) is 5.21. The van der Waals surface area contributed by atoms with Gasteiger partial charge in [-0.3, -0.25) is 0 Å². The third-order valence-electron chi connectivity index (χ3n) is 3.69. The van der Waals surface area contributed by atoms with Crippen LogP contribution in [0.25, 0.3) is 5.57 Å². The molecule has 0 aliphatic rings. The van der Waals surface area contributed by atoms with Crippen molar-refractivity contribution in [3.05, 3.63) is 89.1 Å². The molecule has 0 atom stereocenters. The van der Waals surface area contributed by atoms with Crippen molar-refractivity contribution in [1.29, 1.82) is 0 Å². The molecule has 2 aromatic carbocycles. The van der Waals surface area contributed by atoms with E-state index in [1.54, 1.807) is 6.20 Å². The zero-order valence-electron chi connectivity index (χ0n) is 12.8. The molecule has 0 radical (unpaired) electrons. The van der Waals surface area contributed by atoms with Gasteiger partial charge in [-0.2, -0.15) is 0 Å². The van der Waals surface area contributed by atoms with Gasteiger partial charge in [0.15, 0.2) is 0 Å². The van der Waals surface area contributed by atoms with Crippen LogP contribution in [0.15, 0.2) is 66.9 Å². The maximum atomic E-state index is 5.62. The lowest BCUT2D eigenvalue weighted by molar-refractivity contribution is 1.13. The second-order valence-corrected chi connectivity index (χ2v) is 5.21. The van der Waals surface area contributed by atoms with Crippen molar-refractivity contribution in [3.8, 4) is 0 Å². The quantitative estimate of drug-likeness (QED) is 0.791. The third-order valence-corrected chi connectivity index (χ3v) is 3.69. The van der Waals surface area contributed by atoms with Gasteiger partial charge in [0.05, 0.1) is 0 Å². The Morgan fingerprint density at radius 1 is 1.05 bits per heavy atom. The van der Waals surface area contributed by atoms with Gasteiger partial charge in [-0.1, -0.05) is 61.5 Å². The summed E-state index contributed by atoms with van der Waals surface area (Å²) in [6, 6.07) is 17.1. The van der Waals surface area contributed by atoms with Crippen LogP contribution in [-0.4, -0.2) is 0 Å². The van der Waals surface area contributed by atoms with E-state index < -0.39 is 0 Å². The minimum atomic E-state index is 0.912. The molecule has 1 heteroatoms. The molecule has 0 fully saturated rings. The molecule has 0 aromatic heterocycles. The van der Waals surface area contributed by atoms with E-state index in [2.05, 4.69) is 62.4 Å². The van der Waals surface area contributed by atoms with Gasteiger partial charge in [-0.05, 0) is 59.9 Å². The summed E-state index contributed by atoms with van der Waals surface area (Å²) in [5.41, 5.74) is 12.0. The van der Waals surface area contributed by atoms with Crippen molar-refractivity contribution in [2.45, 2.75) is 26.7 Å². The molecule has 0 saturated heterocycles. The zero-order chi connectivity index (χ0) is 15.1.